The maximum atomic E-state index is 13.1. The van der Waals surface area contributed by atoms with Crippen molar-refractivity contribution in [3.63, 3.8) is 0 Å². The van der Waals surface area contributed by atoms with Crippen molar-refractivity contribution in [1.29, 1.82) is 0 Å². The molecule has 0 aromatic rings. The molecule has 1 saturated heterocycles. The number of unbranched alkanes of at least 4 members (excludes halogenated alkanes) is 37. The lowest BCUT2D eigenvalue weighted by molar-refractivity contribution is -0.302. The van der Waals surface area contributed by atoms with Crippen LogP contribution in [0, 0.1) is 0 Å². The van der Waals surface area contributed by atoms with Gasteiger partial charge in [0.2, 0.25) is 5.91 Å². The Hall–Kier alpha value is -1.85. The monoisotopic (exact) mass is 1020 g/mol. The number of allylic oxidation sites excluding steroid dienone is 7. The van der Waals surface area contributed by atoms with Crippen LogP contribution in [-0.2, 0) is 14.3 Å². The van der Waals surface area contributed by atoms with E-state index in [9.17, 15) is 30.3 Å². The van der Waals surface area contributed by atoms with Gasteiger partial charge in [-0.25, -0.2) is 0 Å². The predicted molar refractivity (Wildman–Crippen MR) is 304 cm³/mol. The Morgan fingerprint density at radius 1 is 0.472 bits per heavy atom. The number of nitrogens with one attached hydrogen (secondary N) is 1. The molecule has 0 radical (unpaired) electrons. The van der Waals surface area contributed by atoms with Crippen molar-refractivity contribution in [2.24, 2.45) is 0 Å². The van der Waals surface area contributed by atoms with Crippen molar-refractivity contribution in [3.8, 4) is 0 Å². The van der Waals surface area contributed by atoms with Crippen LogP contribution in [0.5, 0.6) is 0 Å². The molecule has 422 valence electrons. The highest BCUT2D eigenvalue weighted by Crippen LogP contribution is 2.23. The van der Waals surface area contributed by atoms with Crippen LogP contribution < -0.4 is 5.32 Å². The molecular weight excluding hydrogens is 899 g/mol. The second-order valence-electron chi connectivity index (χ2n) is 21.5. The standard InChI is InChI=1S/C63H117NO8/c1-3-5-7-9-11-13-15-17-19-21-22-23-24-25-26-27-28-29-30-31-32-33-34-35-36-37-39-41-43-45-47-49-51-53-59(67)64-56(55-71-63-62(70)61(69)60(68)58(54-65)72-63)57(66)52-50-48-46-44-42-40-38-20-18-16-14-12-10-8-6-4-2/h15,17,21-22,24-25,50,52,56-58,60-63,65-66,68-70H,3-14,16,18-20,23,26-49,51,53-55H2,1-2H3,(H,64,67)/b17-15-,22-21-,25-24-,52-50+. The maximum absolute atomic E-state index is 13.1. The zero-order valence-electron chi connectivity index (χ0n) is 46.9. The average molecular weight is 1020 g/mol. The third-order valence-electron chi connectivity index (χ3n) is 14.6. The molecule has 1 fully saturated rings. The van der Waals surface area contributed by atoms with Crippen LogP contribution in [0.3, 0.4) is 0 Å². The number of ether oxygens (including phenoxy) is 2. The molecule has 0 aromatic heterocycles. The van der Waals surface area contributed by atoms with Crippen molar-refractivity contribution in [2.75, 3.05) is 13.2 Å². The molecule has 1 rings (SSSR count). The number of carbonyl (C=O) groups is 1. The van der Waals surface area contributed by atoms with Crippen LogP contribution in [0.1, 0.15) is 290 Å². The smallest absolute Gasteiger partial charge is 0.220 e. The summed E-state index contributed by atoms with van der Waals surface area (Å²) in [6.45, 7) is 3.79. The summed E-state index contributed by atoms with van der Waals surface area (Å²) in [4.78, 5) is 13.1. The quantitative estimate of drug-likeness (QED) is 0.0261. The van der Waals surface area contributed by atoms with Crippen molar-refractivity contribution in [2.45, 2.75) is 333 Å². The molecule has 1 amide bonds. The summed E-state index contributed by atoms with van der Waals surface area (Å²) < 4.78 is 11.3. The zero-order chi connectivity index (χ0) is 52.2. The Morgan fingerprint density at radius 3 is 1.21 bits per heavy atom. The number of amides is 1. The number of rotatable bonds is 53. The van der Waals surface area contributed by atoms with Gasteiger partial charge in [0.25, 0.3) is 0 Å². The van der Waals surface area contributed by atoms with E-state index in [2.05, 4.69) is 55.6 Å². The van der Waals surface area contributed by atoms with E-state index in [1.807, 2.05) is 6.08 Å². The average Bonchev–Trinajstić information content (AvgIpc) is 3.38. The third-order valence-corrected chi connectivity index (χ3v) is 14.6. The Balaban J connectivity index is 2.13. The van der Waals surface area contributed by atoms with Crippen LogP contribution in [0.2, 0.25) is 0 Å². The van der Waals surface area contributed by atoms with Crippen molar-refractivity contribution in [1.82, 2.24) is 5.32 Å². The molecule has 0 aromatic carbocycles. The van der Waals surface area contributed by atoms with Crippen LogP contribution in [0.15, 0.2) is 48.6 Å². The highest BCUT2D eigenvalue weighted by atomic mass is 16.7. The molecule has 0 spiro atoms. The minimum Gasteiger partial charge on any atom is -0.394 e. The number of aliphatic hydroxyl groups is 5. The van der Waals surface area contributed by atoms with Gasteiger partial charge in [0, 0.05) is 6.42 Å². The van der Waals surface area contributed by atoms with Crippen LogP contribution in [0.25, 0.3) is 0 Å². The van der Waals surface area contributed by atoms with Crippen molar-refractivity contribution in [3.05, 3.63) is 48.6 Å². The topological polar surface area (TPSA) is 149 Å². The molecule has 9 heteroatoms. The first-order valence-electron chi connectivity index (χ1n) is 30.9. The van der Waals surface area contributed by atoms with Gasteiger partial charge in [-0.1, -0.05) is 274 Å². The Labute approximate surface area is 444 Å². The van der Waals surface area contributed by atoms with Gasteiger partial charge in [0.05, 0.1) is 25.4 Å². The van der Waals surface area contributed by atoms with Crippen LogP contribution >= 0.6 is 0 Å². The molecule has 1 aliphatic rings. The van der Waals surface area contributed by atoms with Crippen LogP contribution in [0.4, 0.5) is 0 Å². The fraction of sp³-hybridized carbons (Fsp3) is 0.857. The van der Waals surface area contributed by atoms with E-state index >= 15 is 0 Å². The molecule has 9 nitrogen and oxygen atoms in total. The fourth-order valence-corrected chi connectivity index (χ4v) is 9.75. The van der Waals surface area contributed by atoms with Crippen molar-refractivity contribution >= 4 is 5.91 Å². The van der Waals surface area contributed by atoms with Gasteiger partial charge in [-0.3, -0.25) is 4.79 Å². The van der Waals surface area contributed by atoms with Gasteiger partial charge in [0.1, 0.15) is 24.4 Å². The summed E-state index contributed by atoms with van der Waals surface area (Å²) in [6.07, 6.45) is 63.3. The first-order valence-corrected chi connectivity index (χ1v) is 30.9. The summed E-state index contributed by atoms with van der Waals surface area (Å²) in [5, 5.41) is 54.5. The first kappa shape index (κ1) is 68.2. The van der Waals surface area contributed by atoms with E-state index < -0.39 is 49.5 Å². The Bertz CT molecular complexity index is 1270. The molecule has 72 heavy (non-hydrogen) atoms. The lowest BCUT2D eigenvalue weighted by atomic mass is 9.99. The van der Waals surface area contributed by atoms with Gasteiger partial charge < -0.3 is 40.3 Å². The van der Waals surface area contributed by atoms with Gasteiger partial charge >= 0.3 is 0 Å². The molecule has 1 heterocycles. The predicted octanol–water partition coefficient (Wildman–Crippen LogP) is 15.7. The highest BCUT2D eigenvalue weighted by Gasteiger charge is 2.44. The second kappa shape index (κ2) is 52.6. The Morgan fingerprint density at radius 2 is 0.819 bits per heavy atom. The van der Waals surface area contributed by atoms with E-state index in [1.165, 1.54) is 218 Å². The zero-order valence-corrected chi connectivity index (χ0v) is 46.9. The summed E-state index contributed by atoms with van der Waals surface area (Å²) in [5.41, 5.74) is 0. The minimum atomic E-state index is -1.57. The first-order chi connectivity index (χ1) is 35.3. The molecule has 0 aliphatic carbocycles. The Kier molecular flexibility index (Phi) is 49.8. The summed E-state index contributed by atoms with van der Waals surface area (Å²) >= 11 is 0. The van der Waals surface area contributed by atoms with Gasteiger partial charge in [0.15, 0.2) is 6.29 Å². The third kappa shape index (κ3) is 41.4. The SMILES string of the molecule is CCCCCCC/C=C\C/C=C\C/C=C\CCCCCCCCCCCCCCCCCCCCC(=O)NC(COC1OC(CO)C(O)C(O)C1O)C(O)/C=C/CCCCCCCCCCCCCCCC. The molecule has 7 unspecified atom stereocenters. The van der Waals surface area contributed by atoms with Gasteiger partial charge in [-0.15, -0.1) is 0 Å². The second-order valence-corrected chi connectivity index (χ2v) is 21.5. The highest BCUT2D eigenvalue weighted by molar-refractivity contribution is 5.76. The minimum absolute atomic E-state index is 0.174. The summed E-state index contributed by atoms with van der Waals surface area (Å²) in [5.74, 6) is -0.174. The van der Waals surface area contributed by atoms with Crippen LogP contribution in [-0.4, -0.2) is 87.5 Å². The van der Waals surface area contributed by atoms with E-state index in [0.717, 1.165) is 51.4 Å². The summed E-state index contributed by atoms with van der Waals surface area (Å²) in [6, 6.07) is -0.804. The molecule has 1 aliphatic heterocycles. The fourth-order valence-electron chi connectivity index (χ4n) is 9.75. The number of aliphatic hydroxyl groups excluding tert-OH is 5. The lowest BCUT2D eigenvalue weighted by Crippen LogP contribution is -2.60. The van der Waals surface area contributed by atoms with E-state index in [0.29, 0.717) is 6.42 Å². The number of hydrogen-bond acceptors (Lipinski definition) is 8. The van der Waals surface area contributed by atoms with E-state index in [-0.39, 0.29) is 12.5 Å². The largest absolute Gasteiger partial charge is 0.394 e. The lowest BCUT2D eigenvalue weighted by Gasteiger charge is -2.40. The molecule has 7 atom stereocenters. The van der Waals surface area contributed by atoms with E-state index in [4.69, 9.17) is 9.47 Å². The van der Waals surface area contributed by atoms with Gasteiger partial charge in [-0.05, 0) is 57.8 Å². The molecule has 0 bridgehead atoms. The molecule has 0 saturated carbocycles. The molecule has 6 N–H and O–H groups in total. The normalized spacial score (nSPS) is 19.5. The molecular formula is C63H117NO8. The number of carbonyl (C=O) groups excluding carboxylic acids is 1. The maximum Gasteiger partial charge on any atom is 0.220 e. The van der Waals surface area contributed by atoms with Gasteiger partial charge in [-0.2, -0.15) is 0 Å². The number of hydrogen-bond donors (Lipinski definition) is 6. The van der Waals surface area contributed by atoms with Crippen molar-refractivity contribution < 1.29 is 39.8 Å². The van der Waals surface area contributed by atoms with E-state index in [1.54, 1.807) is 6.08 Å². The summed E-state index contributed by atoms with van der Waals surface area (Å²) in [7, 11) is 0.